The van der Waals surface area contributed by atoms with Crippen molar-refractivity contribution in [3.8, 4) is 28.8 Å². The predicted octanol–water partition coefficient (Wildman–Crippen LogP) is 4.05. The number of para-hydroxylation sites is 1. The molecule has 0 atom stereocenters. The van der Waals surface area contributed by atoms with Crippen molar-refractivity contribution in [2.75, 3.05) is 5.73 Å². The maximum atomic E-state index is 15.1. The molecule has 0 aliphatic rings. The fourth-order valence-corrected chi connectivity index (χ4v) is 3.21. The van der Waals surface area contributed by atoms with Crippen molar-refractivity contribution in [3.05, 3.63) is 72.3 Å². The second-order valence-corrected chi connectivity index (χ2v) is 6.76. The normalized spacial score (nSPS) is 11.3. The van der Waals surface area contributed by atoms with E-state index in [9.17, 15) is 4.79 Å². The van der Waals surface area contributed by atoms with Gasteiger partial charge in [0.2, 0.25) is 0 Å². The number of nitrogen functional groups attached to an aromatic ring is 1. The third kappa shape index (κ3) is 3.89. The summed E-state index contributed by atoms with van der Waals surface area (Å²) in [7, 11) is 0. The fourth-order valence-electron chi connectivity index (χ4n) is 3.21. The van der Waals surface area contributed by atoms with Gasteiger partial charge in [-0.15, -0.1) is 0 Å². The van der Waals surface area contributed by atoms with Crippen molar-refractivity contribution in [1.82, 2.24) is 19.7 Å². The molecule has 2 aromatic carbocycles. The topological polar surface area (TPSA) is 120 Å². The van der Waals surface area contributed by atoms with Crippen LogP contribution in [0.15, 0.2) is 66.5 Å². The highest BCUT2D eigenvalue weighted by Gasteiger charge is 2.22. The quantitative estimate of drug-likeness (QED) is 0.363. The fraction of sp³-hybridized carbons (Fsp3) is 0.0870. The Kier molecular flexibility index (Phi) is 5.59. The lowest BCUT2D eigenvalue weighted by molar-refractivity contribution is -0.115. The van der Waals surface area contributed by atoms with Gasteiger partial charge in [-0.05, 0) is 31.2 Å². The molecule has 2 heterocycles. The van der Waals surface area contributed by atoms with E-state index in [4.69, 9.17) is 15.7 Å². The molecule has 158 valence electrons. The van der Waals surface area contributed by atoms with Crippen molar-refractivity contribution < 1.29 is 13.9 Å². The van der Waals surface area contributed by atoms with Crippen LogP contribution in [0.5, 0.6) is 11.5 Å². The molecule has 0 fully saturated rings. The summed E-state index contributed by atoms with van der Waals surface area (Å²) in [5.41, 5.74) is 6.62. The van der Waals surface area contributed by atoms with Crippen molar-refractivity contribution in [2.24, 2.45) is 0 Å². The summed E-state index contributed by atoms with van der Waals surface area (Å²) in [5.74, 6) is -0.0599. The number of carbonyl (C=O) groups excluding carboxylic acids is 1. The molecule has 0 bridgehead atoms. The Hall–Kier alpha value is -4.58. The maximum absolute atomic E-state index is 15.1. The van der Waals surface area contributed by atoms with E-state index in [0.717, 1.165) is 0 Å². The number of hydrogen-bond acceptors (Lipinski definition) is 7. The number of hydrogen-bond donors (Lipinski definition) is 1. The van der Waals surface area contributed by atoms with Gasteiger partial charge in [0.05, 0.1) is 11.0 Å². The highest BCUT2D eigenvalue weighted by Crippen LogP contribution is 2.34. The van der Waals surface area contributed by atoms with E-state index in [1.54, 1.807) is 25.1 Å². The van der Waals surface area contributed by atoms with Gasteiger partial charge in [-0.3, -0.25) is 4.79 Å². The van der Waals surface area contributed by atoms with Gasteiger partial charge in [-0.1, -0.05) is 24.3 Å². The van der Waals surface area contributed by atoms with Crippen molar-refractivity contribution in [3.63, 3.8) is 0 Å². The molecule has 0 unspecified atom stereocenters. The Balaban J connectivity index is 1.76. The zero-order chi connectivity index (χ0) is 22.7. The van der Waals surface area contributed by atoms with E-state index in [1.165, 1.54) is 29.2 Å². The second-order valence-electron chi connectivity index (χ2n) is 6.76. The first kappa shape index (κ1) is 20.7. The SMILES string of the molecule is CC=C(C#N)C(=O)Cn1nc(-c2ccc(Oc3ccccc3)cc2F)c2c(N)ncnc21. The number of nitriles is 1. The number of anilines is 1. The van der Waals surface area contributed by atoms with Gasteiger partial charge in [0.25, 0.3) is 0 Å². The molecule has 0 radical (unpaired) electrons. The van der Waals surface area contributed by atoms with Gasteiger partial charge in [-0.2, -0.15) is 10.4 Å². The number of ketones is 1. The molecule has 0 saturated heterocycles. The number of fused-ring (bicyclic) bond motifs is 1. The van der Waals surface area contributed by atoms with Crippen molar-refractivity contribution >= 4 is 22.6 Å². The number of nitrogens with zero attached hydrogens (tertiary/aromatic N) is 5. The number of rotatable bonds is 6. The van der Waals surface area contributed by atoms with Crippen LogP contribution in [-0.4, -0.2) is 25.5 Å². The molecule has 32 heavy (non-hydrogen) atoms. The van der Waals surface area contributed by atoms with E-state index in [2.05, 4.69) is 15.1 Å². The zero-order valence-corrected chi connectivity index (χ0v) is 17.0. The van der Waals surface area contributed by atoms with Crippen LogP contribution in [-0.2, 0) is 11.3 Å². The summed E-state index contributed by atoms with van der Waals surface area (Å²) in [4.78, 5) is 20.6. The van der Waals surface area contributed by atoms with E-state index in [1.807, 2.05) is 24.3 Å². The van der Waals surface area contributed by atoms with Crippen molar-refractivity contribution in [1.29, 1.82) is 5.26 Å². The van der Waals surface area contributed by atoms with E-state index < -0.39 is 11.6 Å². The average molecular weight is 428 g/mol. The molecule has 8 nitrogen and oxygen atoms in total. The number of aromatic nitrogens is 4. The summed E-state index contributed by atoms with van der Waals surface area (Å²) in [6, 6.07) is 15.2. The Bertz CT molecular complexity index is 1390. The number of nitrogens with two attached hydrogens (primary N) is 1. The molecule has 0 saturated carbocycles. The molecular weight excluding hydrogens is 411 g/mol. The minimum absolute atomic E-state index is 0.00850. The molecule has 2 N–H and O–H groups in total. The largest absolute Gasteiger partial charge is 0.457 e. The van der Waals surface area contributed by atoms with Crippen LogP contribution in [0, 0.1) is 17.1 Å². The molecule has 0 aliphatic heterocycles. The first-order chi connectivity index (χ1) is 15.5. The second kappa shape index (κ2) is 8.65. The summed E-state index contributed by atoms with van der Waals surface area (Å²) < 4.78 is 22.0. The monoisotopic (exact) mass is 428 g/mol. The van der Waals surface area contributed by atoms with Gasteiger partial charge < -0.3 is 10.5 Å². The minimum atomic E-state index is -0.592. The smallest absolute Gasteiger partial charge is 0.194 e. The van der Waals surface area contributed by atoms with Crippen LogP contribution in [0.25, 0.3) is 22.3 Å². The van der Waals surface area contributed by atoms with Gasteiger partial charge in [0.1, 0.15) is 47.8 Å². The standard InChI is InChI=1S/C23H17FN6O2/c1-2-14(11-25)19(31)12-30-23-20(22(26)27-13-28-23)21(29-30)17-9-8-16(10-18(17)24)32-15-6-4-3-5-7-15/h2-10,13H,12H2,1H3,(H2,26,27,28). The third-order valence-electron chi connectivity index (χ3n) is 4.74. The van der Waals surface area contributed by atoms with Gasteiger partial charge in [-0.25, -0.2) is 19.0 Å². The predicted molar refractivity (Wildman–Crippen MR) is 116 cm³/mol. The maximum Gasteiger partial charge on any atom is 0.194 e. The number of carbonyl (C=O) groups is 1. The van der Waals surface area contributed by atoms with E-state index in [-0.39, 0.29) is 34.8 Å². The Morgan fingerprint density at radius 1 is 1.22 bits per heavy atom. The van der Waals surface area contributed by atoms with E-state index in [0.29, 0.717) is 16.9 Å². The van der Waals surface area contributed by atoms with E-state index >= 15 is 4.39 Å². The first-order valence-corrected chi connectivity index (χ1v) is 9.61. The molecule has 4 rings (SSSR count). The summed E-state index contributed by atoms with van der Waals surface area (Å²) in [5, 5.41) is 13.8. The van der Waals surface area contributed by atoms with Crippen LogP contribution in [0.1, 0.15) is 6.92 Å². The number of allylic oxidation sites excluding steroid dienone is 2. The van der Waals surface area contributed by atoms with Crippen LogP contribution in [0.4, 0.5) is 10.2 Å². The molecule has 0 aliphatic carbocycles. The number of halogens is 1. The minimum Gasteiger partial charge on any atom is -0.457 e. The summed E-state index contributed by atoms with van der Waals surface area (Å²) in [6.07, 6.45) is 2.65. The molecule has 2 aromatic heterocycles. The lowest BCUT2D eigenvalue weighted by Gasteiger charge is -2.07. The molecular formula is C23H17FN6O2. The summed E-state index contributed by atoms with van der Waals surface area (Å²) in [6.45, 7) is 1.34. The highest BCUT2D eigenvalue weighted by atomic mass is 19.1. The molecule has 0 amide bonds. The average Bonchev–Trinajstić information content (AvgIpc) is 3.15. The number of ether oxygens (including phenoxy) is 1. The van der Waals surface area contributed by atoms with Crippen LogP contribution < -0.4 is 10.5 Å². The Morgan fingerprint density at radius 2 is 2.00 bits per heavy atom. The van der Waals surface area contributed by atoms with Gasteiger partial charge in [0.15, 0.2) is 11.4 Å². The number of benzene rings is 2. The molecule has 9 heteroatoms. The van der Waals surface area contributed by atoms with Crippen LogP contribution in [0.2, 0.25) is 0 Å². The number of Topliss-reactive ketones (excluding diaryl/α,β-unsaturated/α-hetero) is 1. The Morgan fingerprint density at radius 3 is 2.69 bits per heavy atom. The van der Waals surface area contributed by atoms with Gasteiger partial charge >= 0.3 is 0 Å². The Labute approximate surface area is 182 Å². The third-order valence-corrected chi connectivity index (χ3v) is 4.74. The summed E-state index contributed by atoms with van der Waals surface area (Å²) >= 11 is 0. The van der Waals surface area contributed by atoms with Crippen molar-refractivity contribution in [2.45, 2.75) is 13.5 Å². The first-order valence-electron chi connectivity index (χ1n) is 9.61. The molecule has 4 aromatic rings. The molecule has 0 spiro atoms. The van der Waals surface area contributed by atoms with Gasteiger partial charge in [0, 0.05) is 11.6 Å². The lowest BCUT2D eigenvalue weighted by Crippen LogP contribution is -2.13. The van der Waals surface area contributed by atoms with Crippen LogP contribution in [0.3, 0.4) is 0 Å². The lowest BCUT2D eigenvalue weighted by atomic mass is 10.1. The highest BCUT2D eigenvalue weighted by molar-refractivity contribution is 6.01. The van der Waals surface area contributed by atoms with Crippen LogP contribution >= 0.6 is 0 Å². The zero-order valence-electron chi connectivity index (χ0n) is 17.0.